The topological polar surface area (TPSA) is 24.1 Å². The van der Waals surface area contributed by atoms with Crippen molar-refractivity contribution in [2.45, 2.75) is 25.4 Å². The fraction of sp³-hybridized carbons (Fsp3) is 0.500. The Labute approximate surface area is 99.6 Å². The maximum atomic E-state index is 3.58. The van der Waals surface area contributed by atoms with Gasteiger partial charge >= 0.3 is 0 Å². The minimum absolute atomic E-state index is 0.641. The molecule has 2 N–H and O–H groups in total. The van der Waals surface area contributed by atoms with Crippen molar-refractivity contribution in [2.75, 3.05) is 13.1 Å². The van der Waals surface area contributed by atoms with Crippen molar-refractivity contribution in [3.8, 4) is 0 Å². The van der Waals surface area contributed by atoms with Gasteiger partial charge in [0.1, 0.15) is 0 Å². The zero-order valence-electron chi connectivity index (χ0n) is 8.80. The molecule has 1 saturated heterocycles. The van der Waals surface area contributed by atoms with Crippen LogP contribution in [0.25, 0.3) is 0 Å². The molecule has 0 amide bonds. The van der Waals surface area contributed by atoms with Gasteiger partial charge in [-0.3, -0.25) is 0 Å². The SMILES string of the molecule is Brc1ccc(CN[C@@H]2CCCNC2)cc1. The summed E-state index contributed by atoms with van der Waals surface area (Å²) in [6, 6.07) is 9.15. The minimum Gasteiger partial charge on any atom is -0.315 e. The van der Waals surface area contributed by atoms with E-state index in [1.54, 1.807) is 0 Å². The standard InChI is InChI=1S/C12H17BrN2/c13-11-5-3-10(4-6-11)8-15-12-2-1-7-14-9-12/h3-6,12,14-15H,1-2,7-9H2/t12-/m1/s1. The highest BCUT2D eigenvalue weighted by Gasteiger charge is 2.11. The normalized spacial score (nSPS) is 21.5. The third-order valence-corrected chi connectivity index (χ3v) is 3.33. The average molecular weight is 269 g/mol. The molecule has 0 bridgehead atoms. The van der Waals surface area contributed by atoms with Gasteiger partial charge < -0.3 is 10.6 Å². The Morgan fingerprint density at radius 1 is 1.33 bits per heavy atom. The summed E-state index contributed by atoms with van der Waals surface area (Å²) in [5.41, 5.74) is 1.35. The molecule has 0 aliphatic carbocycles. The van der Waals surface area contributed by atoms with Crippen LogP contribution in [0, 0.1) is 0 Å². The fourth-order valence-corrected chi connectivity index (χ4v) is 2.15. The maximum absolute atomic E-state index is 3.58. The Morgan fingerprint density at radius 2 is 2.13 bits per heavy atom. The van der Waals surface area contributed by atoms with Gasteiger partial charge in [-0.15, -0.1) is 0 Å². The van der Waals surface area contributed by atoms with Crippen molar-refractivity contribution in [3.05, 3.63) is 34.3 Å². The summed E-state index contributed by atoms with van der Waals surface area (Å²) in [4.78, 5) is 0. The number of benzene rings is 1. The van der Waals surface area contributed by atoms with Gasteiger partial charge in [0.25, 0.3) is 0 Å². The Balaban J connectivity index is 1.79. The van der Waals surface area contributed by atoms with Gasteiger partial charge in [0, 0.05) is 23.6 Å². The molecule has 0 spiro atoms. The van der Waals surface area contributed by atoms with E-state index in [9.17, 15) is 0 Å². The molecule has 1 aromatic carbocycles. The number of piperidine rings is 1. The molecule has 1 aliphatic rings. The maximum Gasteiger partial charge on any atom is 0.0208 e. The second-order valence-electron chi connectivity index (χ2n) is 4.05. The summed E-state index contributed by atoms with van der Waals surface area (Å²) in [5, 5.41) is 6.99. The largest absolute Gasteiger partial charge is 0.315 e. The molecule has 2 rings (SSSR count). The molecule has 2 nitrogen and oxygen atoms in total. The predicted octanol–water partition coefficient (Wildman–Crippen LogP) is 2.29. The molecule has 15 heavy (non-hydrogen) atoms. The number of nitrogens with one attached hydrogen (secondary N) is 2. The van der Waals surface area contributed by atoms with Gasteiger partial charge in [-0.05, 0) is 37.1 Å². The van der Waals surface area contributed by atoms with E-state index in [4.69, 9.17) is 0 Å². The van der Waals surface area contributed by atoms with Crippen LogP contribution in [0.15, 0.2) is 28.7 Å². The Kier molecular flexibility index (Phi) is 4.18. The van der Waals surface area contributed by atoms with Crippen LogP contribution in [0.2, 0.25) is 0 Å². The van der Waals surface area contributed by atoms with Crippen LogP contribution in [-0.2, 0) is 6.54 Å². The number of hydrogen-bond acceptors (Lipinski definition) is 2. The van der Waals surface area contributed by atoms with Crippen molar-refractivity contribution in [1.82, 2.24) is 10.6 Å². The van der Waals surface area contributed by atoms with Crippen molar-refractivity contribution in [1.29, 1.82) is 0 Å². The molecular formula is C12H17BrN2. The van der Waals surface area contributed by atoms with E-state index in [0.29, 0.717) is 6.04 Å². The van der Waals surface area contributed by atoms with Gasteiger partial charge in [0.15, 0.2) is 0 Å². The third kappa shape index (κ3) is 3.59. The summed E-state index contributed by atoms with van der Waals surface area (Å²) in [5.74, 6) is 0. The molecule has 0 radical (unpaired) electrons. The number of rotatable bonds is 3. The Morgan fingerprint density at radius 3 is 2.80 bits per heavy atom. The van der Waals surface area contributed by atoms with Crippen LogP contribution in [0.3, 0.4) is 0 Å². The summed E-state index contributed by atoms with van der Waals surface area (Å²) in [6.07, 6.45) is 2.58. The average Bonchev–Trinajstić information content (AvgIpc) is 2.30. The van der Waals surface area contributed by atoms with Gasteiger partial charge in [-0.2, -0.15) is 0 Å². The number of hydrogen-bond donors (Lipinski definition) is 2. The zero-order chi connectivity index (χ0) is 10.5. The van der Waals surface area contributed by atoms with E-state index in [1.807, 2.05) is 0 Å². The molecule has 1 aliphatic heterocycles. The van der Waals surface area contributed by atoms with Crippen LogP contribution in [-0.4, -0.2) is 19.1 Å². The molecule has 0 aromatic heterocycles. The van der Waals surface area contributed by atoms with Crippen LogP contribution >= 0.6 is 15.9 Å². The first-order valence-electron chi connectivity index (χ1n) is 5.53. The molecule has 0 saturated carbocycles. The molecule has 1 aromatic rings. The Bertz CT molecular complexity index is 291. The molecule has 0 unspecified atom stereocenters. The smallest absolute Gasteiger partial charge is 0.0208 e. The van der Waals surface area contributed by atoms with Crippen LogP contribution in [0.4, 0.5) is 0 Å². The molecule has 1 atom stereocenters. The van der Waals surface area contributed by atoms with Gasteiger partial charge in [0.05, 0.1) is 0 Å². The van der Waals surface area contributed by atoms with E-state index < -0.39 is 0 Å². The summed E-state index contributed by atoms with van der Waals surface area (Å²) < 4.78 is 1.14. The van der Waals surface area contributed by atoms with Gasteiger partial charge in [-0.25, -0.2) is 0 Å². The van der Waals surface area contributed by atoms with Crippen molar-refractivity contribution in [3.63, 3.8) is 0 Å². The van der Waals surface area contributed by atoms with Crippen molar-refractivity contribution in [2.24, 2.45) is 0 Å². The monoisotopic (exact) mass is 268 g/mol. The van der Waals surface area contributed by atoms with E-state index >= 15 is 0 Å². The second kappa shape index (κ2) is 5.64. The molecular weight excluding hydrogens is 252 g/mol. The highest BCUT2D eigenvalue weighted by atomic mass is 79.9. The first kappa shape index (κ1) is 11.1. The number of halogens is 1. The fourth-order valence-electron chi connectivity index (χ4n) is 1.89. The predicted molar refractivity (Wildman–Crippen MR) is 66.9 cm³/mol. The molecule has 82 valence electrons. The van der Waals surface area contributed by atoms with Gasteiger partial charge in [0.2, 0.25) is 0 Å². The van der Waals surface area contributed by atoms with E-state index in [1.165, 1.54) is 24.9 Å². The highest BCUT2D eigenvalue weighted by molar-refractivity contribution is 9.10. The molecule has 3 heteroatoms. The van der Waals surface area contributed by atoms with E-state index in [2.05, 4.69) is 50.8 Å². The minimum atomic E-state index is 0.641. The lowest BCUT2D eigenvalue weighted by Gasteiger charge is -2.23. The van der Waals surface area contributed by atoms with Crippen LogP contribution in [0.1, 0.15) is 18.4 Å². The summed E-state index contributed by atoms with van der Waals surface area (Å²) in [7, 11) is 0. The summed E-state index contributed by atoms with van der Waals surface area (Å²) in [6.45, 7) is 3.26. The highest BCUT2D eigenvalue weighted by Crippen LogP contribution is 2.11. The van der Waals surface area contributed by atoms with E-state index in [0.717, 1.165) is 17.6 Å². The lowest BCUT2D eigenvalue weighted by molar-refractivity contribution is 0.389. The Hall–Kier alpha value is -0.380. The lowest BCUT2D eigenvalue weighted by atomic mass is 10.1. The van der Waals surface area contributed by atoms with Gasteiger partial charge in [-0.1, -0.05) is 28.1 Å². The second-order valence-corrected chi connectivity index (χ2v) is 4.97. The van der Waals surface area contributed by atoms with Crippen molar-refractivity contribution < 1.29 is 0 Å². The van der Waals surface area contributed by atoms with Crippen molar-refractivity contribution >= 4 is 15.9 Å². The van der Waals surface area contributed by atoms with E-state index in [-0.39, 0.29) is 0 Å². The van der Waals surface area contributed by atoms with Crippen LogP contribution in [0.5, 0.6) is 0 Å². The molecule has 1 heterocycles. The summed E-state index contributed by atoms with van der Waals surface area (Å²) >= 11 is 3.44. The third-order valence-electron chi connectivity index (χ3n) is 2.80. The first-order valence-corrected chi connectivity index (χ1v) is 6.32. The lowest BCUT2D eigenvalue weighted by Crippen LogP contribution is -2.42. The molecule has 1 fully saturated rings. The first-order chi connectivity index (χ1) is 7.34. The van der Waals surface area contributed by atoms with Crippen LogP contribution < -0.4 is 10.6 Å². The zero-order valence-corrected chi connectivity index (χ0v) is 10.4. The quantitative estimate of drug-likeness (QED) is 0.879.